The van der Waals surface area contributed by atoms with E-state index in [1.165, 1.54) is 7.11 Å². The van der Waals surface area contributed by atoms with Crippen molar-refractivity contribution in [3.8, 4) is 0 Å². The van der Waals surface area contributed by atoms with Crippen LogP contribution in [0.1, 0.15) is 10.6 Å². The van der Waals surface area contributed by atoms with Gasteiger partial charge in [-0.15, -0.1) is 0 Å². The summed E-state index contributed by atoms with van der Waals surface area (Å²) >= 11 is 0. The van der Waals surface area contributed by atoms with Gasteiger partial charge in [-0.25, -0.2) is 9.69 Å². The lowest BCUT2D eigenvalue weighted by molar-refractivity contribution is -0.119. The lowest BCUT2D eigenvalue weighted by atomic mass is 10.2. The van der Waals surface area contributed by atoms with Crippen molar-refractivity contribution in [1.82, 2.24) is 0 Å². The largest absolute Gasteiger partial charge is 0.463 e. The number of nitrogens with zero attached hydrogens (tertiary/aromatic N) is 1. The predicted octanol–water partition coefficient (Wildman–Crippen LogP) is 1.65. The van der Waals surface area contributed by atoms with Gasteiger partial charge in [-0.05, 0) is 12.1 Å². The van der Waals surface area contributed by atoms with Crippen LogP contribution < -0.4 is 4.90 Å². The van der Waals surface area contributed by atoms with Crippen LogP contribution in [0.4, 0.5) is 5.69 Å². The Hall–Kier alpha value is -2.89. The average molecular weight is 271 g/mol. The Labute approximate surface area is 113 Å². The van der Waals surface area contributed by atoms with Crippen molar-refractivity contribution in [2.24, 2.45) is 0 Å². The van der Waals surface area contributed by atoms with Gasteiger partial charge in [0.15, 0.2) is 0 Å². The number of anilines is 1. The SMILES string of the molecule is COC(=O)c1oc2ccccc2c1N1C(=O)C=CC1=O. The summed E-state index contributed by atoms with van der Waals surface area (Å²) in [7, 11) is 1.20. The Bertz CT molecular complexity index is 753. The van der Waals surface area contributed by atoms with E-state index in [1.807, 2.05) is 0 Å². The molecule has 0 radical (unpaired) electrons. The minimum atomic E-state index is -0.747. The summed E-state index contributed by atoms with van der Waals surface area (Å²) in [5, 5.41) is 0.498. The molecule has 6 heteroatoms. The molecule has 2 amide bonds. The minimum Gasteiger partial charge on any atom is -0.463 e. The highest BCUT2D eigenvalue weighted by Crippen LogP contribution is 2.35. The van der Waals surface area contributed by atoms with Gasteiger partial charge < -0.3 is 9.15 Å². The maximum atomic E-state index is 11.8. The Morgan fingerprint density at radius 1 is 1.15 bits per heavy atom. The Morgan fingerprint density at radius 3 is 2.45 bits per heavy atom. The van der Waals surface area contributed by atoms with Gasteiger partial charge in [-0.1, -0.05) is 12.1 Å². The normalized spacial score (nSPS) is 14.3. The number of imide groups is 1. The van der Waals surface area contributed by atoms with Gasteiger partial charge in [0.1, 0.15) is 11.3 Å². The van der Waals surface area contributed by atoms with E-state index in [2.05, 4.69) is 4.74 Å². The number of carbonyl (C=O) groups is 3. The lowest BCUT2D eigenvalue weighted by Gasteiger charge is -2.13. The number of carbonyl (C=O) groups excluding carboxylic acids is 3. The number of fused-ring (bicyclic) bond motifs is 1. The van der Waals surface area contributed by atoms with Gasteiger partial charge in [0.2, 0.25) is 5.76 Å². The average Bonchev–Trinajstić information content (AvgIpc) is 2.98. The molecule has 0 N–H and O–H groups in total. The molecule has 20 heavy (non-hydrogen) atoms. The number of ether oxygens (including phenoxy) is 1. The molecule has 1 aliphatic rings. The number of furan rings is 1. The first-order valence-corrected chi connectivity index (χ1v) is 5.79. The van der Waals surface area contributed by atoms with E-state index in [1.54, 1.807) is 24.3 Å². The molecule has 0 atom stereocenters. The molecule has 0 unspecified atom stereocenters. The molecule has 0 spiro atoms. The third-order valence-corrected chi connectivity index (χ3v) is 2.97. The molecule has 6 nitrogen and oxygen atoms in total. The fraction of sp³-hybridized carbons (Fsp3) is 0.0714. The zero-order valence-corrected chi connectivity index (χ0v) is 10.5. The van der Waals surface area contributed by atoms with E-state index in [-0.39, 0.29) is 11.4 Å². The molecule has 0 saturated heterocycles. The van der Waals surface area contributed by atoms with Crippen LogP contribution in [0.5, 0.6) is 0 Å². The Balaban J connectivity index is 2.29. The number of esters is 1. The van der Waals surface area contributed by atoms with Crippen LogP contribution in [0.15, 0.2) is 40.8 Å². The molecule has 0 fully saturated rings. The number of rotatable bonds is 2. The molecule has 2 heterocycles. The first kappa shape index (κ1) is 12.2. The number of benzene rings is 1. The summed E-state index contributed by atoms with van der Waals surface area (Å²) in [5.41, 5.74) is 0.517. The van der Waals surface area contributed by atoms with Crippen molar-refractivity contribution in [3.63, 3.8) is 0 Å². The molecule has 1 aromatic heterocycles. The summed E-state index contributed by atoms with van der Waals surface area (Å²) in [6, 6.07) is 6.76. The summed E-state index contributed by atoms with van der Waals surface area (Å²) < 4.78 is 10.0. The number of methoxy groups -OCH3 is 1. The Morgan fingerprint density at radius 2 is 1.80 bits per heavy atom. The third kappa shape index (κ3) is 1.62. The summed E-state index contributed by atoms with van der Waals surface area (Å²) in [6.07, 6.45) is 2.29. The number of amides is 2. The molecular weight excluding hydrogens is 262 g/mol. The molecule has 100 valence electrons. The van der Waals surface area contributed by atoms with Crippen LogP contribution in [0.3, 0.4) is 0 Å². The van der Waals surface area contributed by atoms with Crippen LogP contribution in [-0.2, 0) is 14.3 Å². The van der Waals surface area contributed by atoms with Crippen molar-refractivity contribution in [3.05, 3.63) is 42.2 Å². The van der Waals surface area contributed by atoms with E-state index < -0.39 is 17.8 Å². The summed E-state index contributed by atoms with van der Waals surface area (Å²) in [6.45, 7) is 0. The van der Waals surface area contributed by atoms with E-state index in [9.17, 15) is 14.4 Å². The van der Waals surface area contributed by atoms with Crippen LogP contribution in [0, 0.1) is 0 Å². The van der Waals surface area contributed by atoms with Gasteiger partial charge in [0.25, 0.3) is 11.8 Å². The van der Waals surface area contributed by atoms with Crippen LogP contribution in [0.25, 0.3) is 11.0 Å². The highest BCUT2D eigenvalue weighted by Gasteiger charge is 2.34. The van der Waals surface area contributed by atoms with E-state index in [0.717, 1.165) is 17.1 Å². The molecule has 2 aromatic rings. The first-order chi connectivity index (χ1) is 9.63. The smallest absolute Gasteiger partial charge is 0.376 e. The van der Waals surface area contributed by atoms with E-state index in [0.29, 0.717) is 11.0 Å². The van der Waals surface area contributed by atoms with Gasteiger partial charge >= 0.3 is 5.97 Å². The molecular formula is C14H9NO5. The first-order valence-electron chi connectivity index (χ1n) is 5.79. The van der Waals surface area contributed by atoms with Crippen LogP contribution in [-0.4, -0.2) is 24.9 Å². The molecule has 0 aliphatic carbocycles. The second kappa shape index (κ2) is 4.34. The minimum absolute atomic E-state index is 0.118. The summed E-state index contributed by atoms with van der Waals surface area (Å²) in [4.78, 5) is 36.3. The van der Waals surface area contributed by atoms with Crippen molar-refractivity contribution < 1.29 is 23.5 Å². The van der Waals surface area contributed by atoms with Crippen molar-refractivity contribution in [2.75, 3.05) is 12.0 Å². The molecule has 1 aromatic carbocycles. The maximum Gasteiger partial charge on any atom is 0.376 e. The predicted molar refractivity (Wildman–Crippen MR) is 69.2 cm³/mol. The number of hydrogen-bond donors (Lipinski definition) is 0. The molecule has 3 rings (SSSR count). The molecule has 1 aliphatic heterocycles. The zero-order valence-electron chi connectivity index (χ0n) is 10.5. The monoisotopic (exact) mass is 271 g/mol. The highest BCUT2D eigenvalue weighted by atomic mass is 16.5. The quantitative estimate of drug-likeness (QED) is 0.613. The standard InChI is InChI=1S/C14H9NO5/c1-19-14(18)13-12(15-10(16)6-7-11(15)17)8-4-2-3-5-9(8)20-13/h2-7H,1H3. The van der Waals surface area contributed by atoms with Gasteiger partial charge in [0, 0.05) is 17.5 Å². The molecule has 0 saturated carbocycles. The molecule has 0 bridgehead atoms. The van der Waals surface area contributed by atoms with Crippen molar-refractivity contribution in [2.45, 2.75) is 0 Å². The second-order valence-electron chi connectivity index (χ2n) is 4.11. The highest BCUT2D eigenvalue weighted by molar-refractivity contribution is 6.31. The van der Waals surface area contributed by atoms with Crippen molar-refractivity contribution >= 4 is 34.4 Å². The second-order valence-corrected chi connectivity index (χ2v) is 4.11. The van der Waals surface area contributed by atoms with Crippen molar-refractivity contribution in [1.29, 1.82) is 0 Å². The number of hydrogen-bond acceptors (Lipinski definition) is 5. The van der Waals surface area contributed by atoms with E-state index >= 15 is 0 Å². The number of para-hydroxylation sites is 1. The van der Waals surface area contributed by atoms with Gasteiger partial charge in [0.05, 0.1) is 7.11 Å². The van der Waals surface area contributed by atoms with E-state index in [4.69, 9.17) is 4.42 Å². The fourth-order valence-electron chi connectivity index (χ4n) is 2.11. The zero-order chi connectivity index (χ0) is 14.3. The van der Waals surface area contributed by atoms with Crippen LogP contribution in [0.2, 0.25) is 0 Å². The Kier molecular flexibility index (Phi) is 2.64. The van der Waals surface area contributed by atoms with Gasteiger partial charge in [-0.3, -0.25) is 9.59 Å². The van der Waals surface area contributed by atoms with Gasteiger partial charge in [-0.2, -0.15) is 0 Å². The van der Waals surface area contributed by atoms with Crippen LogP contribution >= 0.6 is 0 Å². The topological polar surface area (TPSA) is 76.8 Å². The maximum absolute atomic E-state index is 11.8. The third-order valence-electron chi connectivity index (χ3n) is 2.97. The lowest BCUT2D eigenvalue weighted by Crippen LogP contribution is -2.30. The fourth-order valence-corrected chi connectivity index (χ4v) is 2.11. The summed E-state index contributed by atoms with van der Waals surface area (Å²) in [5.74, 6) is -1.96.